The first-order chi connectivity index (χ1) is 12.1. The third kappa shape index (κ3) is 4.71. The number of hydrogen-bond donors (Lipinski definition) is 0. The first kappa shape index (κ1) is 17.3. The van der Waals surface area contributed by atoms with Gasteiger partial charge < -0.3 is 14.0 Å². The molecule has 3 aromatic rings. The van der Waals surface area contributed by atoms with Gasteiger partial charge in [-0.05, 0) is 30.3 Å². The molecule has 0 radical (unpaired) electrons. The van der Waals surface area contributed by atoms with E-state index in [4.69, 9.17) is 37.2 Å². The van der Waals surface area contributed by atoms with E-state index in [9.17, 15) is 4.79 Å². The number of ether oxygens (including phenoxy) is 2. The molecule has 3 rings (SSSR count). The Balaban J connectivity index is 1.52. The molecule has 0 saturated carbocycles. The SMILES string of the molecule is O=C(COc1cccc(Cl)c1)OCc1nc(-c2ccccc2Cl)no1. The molecule has 0 fully saturated rings. The van der Waals surface area contributed by atoms with E-state index in [2.05, 4.69) is 10.1 Å². The summed E-state index contributed by atoms with van der Waals surface area (Å²) in [6.07, 6.45) is 0. The van der Waals surface area contributed by atoms with Crippen molar-refractivity contribution < 1.29 is 18.8 Å². The Morgan fingerprint density at radius 3 is 2.76 bits per heavy atom. The molecule has 6 nitrogen and oxygen atoms in total. The Kier molecular flexibility index (Phi) is 5.53. The summed E-state index contributed by atoms with van der Waals surface area (Å²) in [6, 6.07) is 13.8. The predicted octanol–water partition coefficient (Wildman–Crippen LogP) is 4.17. The lowest BCUT2D eigenvalue weighted by Gasteiger charge is -2.05. The Morgan fingerprint density at radius 2 is 1.96 bits per heavy atom. The minimum atomic E-state index is -0.572. The molecule has 0 aliphatic heterocycles. The summed E-state index contributed by atoms with van der Waals surface area (Å²) in [7, 11) is 0. The maximum atomic E-state index is 11.7. The number of benzene rings is 2. The summed E-state index contributed by atoms with van der Waals surface area (Å²) in [5, 5.41) is 4.84. The van der Waals surface area contributed by atoms with E-state index in [1.54, 1.807) is 42.5 Å². The van der Waals surface area contributed by atoms with Crippen molar-refractivity contribution in [3.05, 3.63) is 64.5 Å². The molecule has 0 unspecified atom stereocenters. The highest BCUT2D eigenvalue weighted by Gasteiger charge is 2.13. The van der Waals surface area contributed by atoms with Crippen LogP contribution in [0.25, 0.3) is 11.4 Å². The molecule has 25 heavy (non-hydrogen) atoms. The first-order valence-electron chi connectivity index (χ1n) is 7.23. The zero-order valence-electron chi connectivity index (χ0n) is 12.8. The number of rotatable bonds is 6. The smallest absolute Gasteiger partial charge is 0.344 e. The van der Waals surface area contributed by atoms with Crippen molar-refractivity contribution in [1.29, 1.82) is 0 Å². The summed E-state index contributed by atoms with van der Waals surface area (Å²) >= 11 is 11.9. The quantitative estimate of drug-likeness (QED) is 0.599. The van der Waals surface area contributed by atoms with Gasteiger partial charge in [0.1, 0.15) is 5.75 Å². The number of aromatic nitrogens is 2. The molecule has 0 aliphatic carbocycles. The van der Waals surface area contributed by atoms with E-state index >= 15 is 0 Å². The fraction of sp³-hybridized carbons (Fsp3) is 0.118. The molecule has 0 saturated heterocycles. The van der Waals surface area contributed by atoms with E-state index in [1.165, 1.54) is 0 Å². The third-order valence-corrected chi connectivity index (χ3v) is 3.66. The van der Waals surface area contributed by atoms with Crippen LogP contribution in [0.1, 0.15) is 5.89 Å². The summed E-state index contributed by atoms with van der Waals surface area (Å²) in [4.78, 5) is 15.9. The number of nitrogens with zero attached hydrogens (tertiary/aromatic N) is 2. The normalized spacial score (nSPS) is 10.5. The van der Waals surface area contributed by atoms with Crippen LogP contribution in [0.3, 0.4) is 0 Å². The van der Waals surface area contributed by atoms with E-state index in [1.807, 2.05) is 6.07 Å². The van der Waals surface area contributed by atoms with Gasteiger partial charge in [0.25, 0.3) is 5.89 Å². The number of halogens is 2. The molecule has 2 aromatic carbocycles. The minimum absolute atomic E-state index is 0.158. The van der Waals surface area contributed by atoms with Gasteiger partial charge in [0.15, 0.2) is 13.2 Å². The standard InChI is InChI=1S/C17H12Cl2N2O4/c18-11-4-3-5-12(8-11)23-10-16(22)24-9-15-20-17(21-25-15)13-6-1-2-7-14(13)19/h1-8H,9-10H2. The Labute approximate surface area is 153 Å². The van der Waals surface area contributed by atoms with Crippen LogP contribution in [0.2, 0.25) is 10.0 Å². The van der Waals surface area contributed by atoms with Gasteiger partial charge >= 0.3 is 5.97 Å². The Hall–Kier alpha value is -2.57. The van der Waals surface area contributed by atoms with Crippen molar-refractivity contribution >= 4 is 29.2 Å². The summed E-state index contributed by atoms with van der Waals surface area (Å²) in [5.41, 5.74) is 0.634. The second-order valence-electron chi connectivity index (χ2n) is 4.90. The van der Waals surface area contributed by atoms with Crippen molar-refractivity contribution in [2.75, 3.05) is 6.61 Å². The molecule has 0 N–H and O–H groups in total. The van der Waals surface area contributed by atoms with Crippen molar-refractivity contribution in [3.63, 3.8) is 0 Å². The van der Waals surface area contributed by atoms with Gasteiger partial charge in [-0.3, -0.25) is 0 Å². The largest absolute Gasteiger partial charge is 0.482 e. The first-order valence-corrected chi connectivity index (χ1v) is 7.99. The molecule has 0 bridgehead atoms. The minimum Gasteiger partial charge on any atom is -0.482 e. The predicted molar refractivity (Wildman–Crippen MR) is 91.5 cm³/mol. The molecular formula is C17H12Cl2N2O4. The Bertz CT molecular complexity index is 882. The molecule has 0 spiro atoms. The molecule has 1 aromatic heterocycles. The summed E-state index contributed by atoms with van der Waals surface area (Å²) < 4.78 is 15.4. The van der Waals surface area contributed by atoms with Gasteiger partial charge in [0, 0.05) is 10.6 Å². The van der Waals surface area contributed by atoms with Gasteiger partial charge in [-0.1, -0.05) is 46.6 Å². The van der Waals surface area contributed by atoms with Crippen LogP contribution in [0.15, 0.2) is 53.1 Å². The van der Waals surface area contributed by atoms with Gasteiger partial charge in [-0.25, -0.2) is 4.79 Å². The monoisotopic (exact) mass is 378 g/mol. The average Bonchev–Trinajstić information content (AvgIpc) is 3.07. The topological polar surface area (TPSA) is 74.5 Å². The van der Waals surface area contributed by atoms with Crippen LogP contribution in [-0.4, -0.2) is 22.7 Å². The zero-order valence-corrected chi connectivity index (χ0v) is 14.3. The lowest BCUT2D eigenvalue weighted by Crippen LogP contribution is -2.14. The molecule has 0 atom stereocenters. The highest BCUT2D eigenvalue weighted by atomic mass is 35.5. The van der Waals surface area contributed by atoms with E-state index < -0.39 is 5.97 Å². The van der Waals surface area contributed by atoms with Gasteiger partial charge in [0.05, 0.1) is 5.02 Å². The zero-order chi connectivity index (χ0) is 17.6. The molecule has 1 heterocycles. The number of carbonyl (C=O) groups is 1. The maximum Gasteiger partial charge on any atom is 0.344 e. The van der Waals surface area contributed by atoms with E-state index in [-0.39, 0.29) is 19.1 Å². The fourth-order valence-corrected chi connectivity index (χ4v) is 2.35. The second kappa shape index (κ2) is 8.00. The number of hydrogen-bond acceptors (Lipinski definition) is 6. The van der Waals surface area contributed by atoms with Crippen LogP contribution in [0, 0.1) is 0 Å². The lowest BCUT2D eigenvalue weighted by molar-refractivity contribution is -0.148. The molecule has 0 aliphatic rings. The van der Waals surface area contributed by atoms with E-state index in [0.717, 1.165) is 0 Å². The molecular weight excluding hydrogens is 367 g/mol. The van der Waals surface area contributed by atoms with Gasteiger partial charge in [-0.15, -0.1) is 0 Å². The summed E-state index contributed by atoms with van der Waals surface area (Å²) in [5.74, 6) is 0.388. The molecule has 128 valence electrons. The number of esters is 1. The summed E-state index contributed by atoms with van der Waals surface area (Å²) in [6.45, 7) is -0.416. The third-order valence-electron chi connectivity index (χ3n) is 3.09. The van der Waals surface area contributed by atoms with Crippen LogP contribution < -0.4 is 4.74 Å². The Morgan fingerprint density at radius 1 is 1.12 bits per heavy atom. The maximum absolute atomic E-state index is 11.7. The van der Waals surface area contributed by atoms with Gasteiger partial charge in [-0.2, -0.15) is 4.98 Å². The van der Waals surface area contributed by atoms with E-state index in [0.29, 0.717) is 27.2 Å². The highest BCUT2D eigenvalue weighted by molar-refractivity contribution is 6.33. The average molecular weight is 379 g/mol. The highest BCUT2D eigenvalue weighted by Crippen LogP contribution is 2.25. The van der Waals surface area contributed by atoms with Crippen molar-refractivity contribution in [2.45, 2.75) is 6.61 Å². The van der Waals surface area contributed by atoms with Crippen molar-refractivity contribution in [3.8, 4) is 17.1 Å². The van der Waals surface area contributed by atoms with Crippen LogP contribution in [0.5, 0.6) is 5.75 Å². The van der Waals surface area contributed by atoms with Crippen molar-refractivity contribution in [1.82, 2.24) is 10.1 Å². The number of carbonyl (C=O) groups excluding carboxylic acids is 1. The second-order valence-corrected chi connectivity index (χ2v) is 5.74. The van der Waals surface area contributed by atoms with Crippen molar-refractivity contribution in [2.24, 2.45) is 0 Å². The van der Waals surface area contributed by atoms with Crippen LogP contribution >= 0.6 is 23.2 Å². The molecule has 0 amide bonds. The van der Waals surface area contributed by atoms with Crippen LogP contribution in [-0.2, 0) is 16.1 Å². The molecule has 8 heteroatoms. The van der Waals surface area contributed by atoms with Crippen LogP contribution in [0.4, 0.5) is 0 Å². The van der Waals surface area contributed by atoms with Gasteiger partial charge in [0.2, 0.25) is 5.82 Å². The lowest BCUT2D eigenvalue weighted by atomic mass is 10.2. The fourth-order valence-electron chi connectivity index (χ4n) is 1.95.